The maximum absolute atomic E-state index is 12.3. The first-order valence-electron chi connectivity index (χ1n) is 6.58. The molecular formula is C15H14N2O3S. The Morgan fingerprint density at radius 3 is 2.81 bits per heavy atom. The van der Waals surface area contributed by atoms with Crippen LogP contribution in [0.4, 0.5) is 0 Å². The lowest BCUT2D eigenvalue weighted by molar-refractivity contribution is 0.530. The fraction of sp³-hybridized carbons (Fsp3) is 0.200. The van der Waals surface area contributed by atoms with Crippen molar-refractivity contribution < 1.29 is 4.42 Å². The second kappa shape index (κ2) is 6.05. The third kappa shape index (κ3) is 2.95. The highest BCUT2D eigenvalue weighted by atomic mass is 32.2. The molecule has 6 heteroatoms. The van der Waals surface area contributed by atoms with E-state index in [1.54, 1.807) is 42.3 Å². The molecular weight excluding hydrogens is 288 g/mol. The highest BCUT2D eigenvalue weighted by Gasteiger charge is 2.06. The van der Waals surface area contributed by atoms with Gasteiger partial charge in [-0.3, -0.25) is 9.36 Å². The molecule has 108 valence electrons. The minimum absolute atomic E-state index is 0.243. The smallest absolute Gasteiger partial charge is 0.328 e. The molecule has 0 bridgehead atoms. The summed E-state index contributed by atoms with van der Waals surface area (Å²) in [6.07, 6.45) is 1.63. The van der Waals surface area contributed by atoms with Crippen molar-refractivity contribution in [1.29, 1.82) is 0 Å². The summed E-state index contributed by atoms with van der Waals surface area (Å²) in [6, 6.07) is 10.8. The minimum atomic E-state index is -0.364. The molecule has 0 saturated carbocycles. The lowest BCUT2D eigenvalue weighted by Gasteiger charge is -2.05. The number of fused-ring (bicyclic) bond motifs is 1. The average molecular weight is 302 g/mol. The zero-order valence-corrected chi connectivity index (χ0v) is 12.1. The van der Waals surface area contributed by atoms with Gasteiger partial charge in [0, 0.05) is 12.3 Å². The number of furan rings is 1. The third-order valence-corrected chi connectivity index (χ3v) is 4.13. The van der Waals surface area contributed by atoms with Crippen LogP contribution < -0.4 is 11.2 Å². The first-order valence-corrected chi connectivity index (χ1v) is 7.73. The number of para-hydroxylation sites is 1. The van der Waals surface area contributed by atoms with Gasteiger partial charge in [-0.05, 0) is 24.3 Å². The largest absolute Gasteiger partial charge is 0.468 e. The molecule has 0 atom stereocenters. The van der Waals surface area contributed by atoms with Gasteiger partial charge in [0.05, 0.1) is 22.9 Å². The predicted octanol–water partition coefficient (Wildman–Crippen LogP) is 2.22. The molecule has 2 aromatic heterocycles. The third-order valence-electron chi connectivity index (χ3n) is 3.17. The van der Waals surface area contributed by atoms with Gasteiger partial charge in [0.15, 0.2) is 0 Å². The molecule has 3 rings (SSSR count). The van der Waals surface area contributed by atoms with Crippen molar-refractivity contribution in [2.24, 2.45) is 0 Å². The molecule has 2 heterocycles. The van der Waals surface area contributed by atoms with Crippen LogP contribution in [0.5, 0.6) is 0 Å². The van der Waals surface area contributed by atoms with E-state index in [9.17, 15) is 9.59 Å². The number of rotatable bonds is 5. The SMILES string of the molecule is O=c1[nH]c2ccccc2c(=O)n1CCSCc1ccco1. The standard InChI is InChI=1S/C15H14N2O3S/c18-14-12-5-1-2-6-13(12)16-15(19)17(14)7-9-21-10-11-4-3-8-20-11/h1-6,8H,7,9-10H2,(H,16,19). The van der Waals surface area contributed by atoms with E-state index in [1.807, 2.05) is 12.1 Å². The number of aromatic nitrogens is 2. The lowest BCUT2D eigenvalue weighted by atomic mass is 10.2. The summed E-state index contributed by atoms with van der Waals surface area (Å²) in [7, 11) is 0. The van der Waals surface area contributed by atoms with Crippen molar-refractivity contribution in [3.8, 4) is 0 Å². The van der Waals surface area contributed by atoms with E-state index < -0.39 is 0 Å². The number of nitrogens with zero attached hydrogens (tertiary/aromatic N) is 1. The maximum atomic E-state index is 12.3. The van der Waals surface area contributed by atoms with E-state index in [4.69, 9.17) is 4.42 Å². The van der Waals surface area contributed by atoms with Gasteiger partial charge in [-0.25, -0.2) is 4.79 Å². The number of H-pyrrole nitrogens is 1. The second-order valence-electron chi connectivity index (χ2n) is 4.56. The first kappa shape index (κ1) is 13.8. The number of thioether (sulfide) groups is 1. The molecule has 0 aliphatic rings. The van der Waals surface area contributed by atoms with Crippen molar-refractivity contribution in [1.82, 2.24) is 9.55 Å². The van der Waals surface area contributed by atoms with Crippen LogP contribution >= 0.6 is 11.8 Å². The van der Waals surface area contributed by atoms with Gasteiger partial charge in [0.2, 0.25) is 0 Å². The molecule has 0 unspecified atom stereocenters. The van der Waals surface area contributed by atoms with Crippen LogP contribution in [0.1, 0.15) is 5.76 Å². The van der Waals surface area contributed by atoms with Crippen molar-refractivity contribution in [2.75, 3.05) is 5.75 Å². The van der Waals surface area contributed by atoms with Gasteiger partial charge in [0.1, 0.15) is 5.76 Å². The van der Waals surface area contributed by atoms with E-state index in [2.05, 4.69) is 4.98 Å². The topological polar surface area (TPSA) is 68.0 Å². The zero-order chi connectivity index (χ0) is 14.7. The molecule has 1 aromatic carbocycles. The van der Waals surface area contributed by atoms with E-state index in [1.165, 1.54) is 4.57 Å². The van der Waals surface area contributed by atoms with Crippen LogP contribution in [-0.2, 0) is 12.3 Å². The molecule has 21 heavy (non-hydrogen) atoms. The summed E-state index contributed by atoms with van der Waals surface area (Å²) in [5.74, 6) is 2.29. The molecule has 5 nitrogen and oxygen atoms in total. The van der Waals surface area contributed by atoms with Gasteiger partial charge < -0.3 is 9.40 Å². The van der Waals surface area contributed by atoms with Crippen molar-refractivity contribution in [3.05, 3.63) is 69.3 Å². The van der Waals surface area contributed by atoms with Crippen molar-refractivity contribution in [2.45, 2.75) is 12.3 Å². The first-order chi connectivity index (χ1) is 10.3. The quantitative estimate of drug-likeness (QED) is 0.734. The number of hydrogen-bond donors (Lipinski definition) is 1. The molecule has 0 amide bonds. The van der Waals surface area contributed by atoms with Gasteiger partial charge in [-0.1, -0.05) is 12.1 Å². The van der Waals surface area contributed by atoms with Crippen LogP contribution in [0.15, 0.2) is 56.7 Å². The predicted molar refractivity (Wildman–Crippen MR) is 83.7 cm³/mol. The molecule has 0 aliphatic carbocycles. The molecule has 3 aromatic rings. The Balaban J connectivity index is 1.75. The van der Waals surface area contributed by atoms with Crippen LogP contribution in [0.2, 0.25) is 0 Å². The Labute approximate surface area is 124 Å². The monoisotopic (exact) mass is 302 g/mol. The van der Waals surface area contributed by atoms with Crippen LogP contribution in [-0.4, -0.2) is 15.3 Å². The fourth-order valence-corrected chi connectivity index (χ4v) is 2.95. The number of nitrogens with one attached hydrogen (secondary N) is 1. The summed E-state index contributed by atoms with van der Waals surface area (Å²) in [5, 5.41) is 0.535. The molecule has 0 fully saturated rings. The van der Waals surface area contributed by atoms with Crippen LogP contribution in [0, 0.1) is 0 Å². The summed E-state index contributed by atoms with van der Waals surface area (Å²) >= 11 is 1.62. The molecule has 0 radical (unpaired) electrons. The zero-order valence-electron chi connectivity index (χ0n) is 11.2. The lowest BCUT2D eigenvalue weighted by Crippen LogP contribution is -2.35. The van der Waals surface area contributed by atoms with Crippen molar-refractivity contribution in [3.63, 3.8) is 0 Å². The Morgan fingerprint density at radius 2 is 2.00 bits per heavy atom. The summed E-state index contributed by atoms with van der Waals surface area (Å²) in [5.41, 5.74) is -0.0303. The molecule has 0 aliphatic heterocycles. The van der Waals surface area contributed by atoms with Gasteiger partial charge in [-0.2, -0.15) is 11.8 Å². The van der Waals surface area contributed by atoms with Crippen molar-refractivity contribution >= 4 is 22.7 Å². The van der Waals surface area contributed by atoms with E-state index in [0.717, 1.165) is 11.5 Å². The highest BCUT2D eigenvalue weighted by Crippen LogP contribution is 2.12. The van der Waals surface area contributed by atoms with Gasteiger partial charge in [-0.15, -0.1) is 0 Å². The van der Waals surface area contributed by atoms with E-state index in [-0.39, 0.29) is 11.2 Å². The van der Waals surface area contributed by atoms with Gasteiger partial charge in [0.25, 0.3) is 5.56 Å². The highest BCUT2D eigenvalue weighted by molar-refractivity contribution is 7.98. The summed E-state index contributed by atoms with van der Waals surface area (Å²) in [4.78, 5) is 27.0. The molecule has 1 N–H and O–H groups in total. The van der Waals surface area contributed by atoms with Crippen LogP contribution in [0.3, 0.4) is 0 Å². The van der Waals surface area contributed by atoms with Gasteiger partial charge >= 0.3 is 5.69 Å². The minimum Gasteiger partial charge on any atom is -0.468 e. The van der Waals surface area contributed by atoms with E-state index >= 15 is 0 Å². The Bertz CT molecular complexity index is 849. The fourth-order valence-electron chi connectivity index (χ4n) is 2.13. The molecule has 0 spiro atoms. The second-order valence-corrected chi connectivity index (χ2v) is 5.67. The average Bonchev–Trinajstić information content (AvgIpc) is 2.99. The maximum Gasteiger partial charge on any atom is 0.328 e. The summed E-state index contributed by atoms with van der Waals surface area (Å²) < 4.78 is 6.48. The summed E-state index contributed by atoms with van der Waals surface area (Å²) in [6.45, 7) is 0.379. The number of benzene rings is 1. The molecule has 0 saturated heterocycles. The van der Waals surface area contributed by atoms with Crippen LogP contribution in [0.25, 0.3) is 10.9 Å². The Hall–Kier alpha value is -2.21. The number of hydrogen-bond acceptors (Lipinski definition) is 4. The Kier molecular flexibility index (Phi) is 3.96. The number of aromatic amines is 1. The normalized spacial score (nSPS) is 11.0. The van der Waals surface area contributed by atoms with E-state index in [0.29, 0.717) is 23.2 Å². The Morgan fingerprint density at radius 1 is 1.14 bits per heavy atom.